The fourth-order valence-corrected chi connectivity index (χ4v) is 6.14. The van der Waals surface area contributed by atoms with E-state index in [-0.39, 0.29) is 22.3 Å². The number of ketones is 1. The summed E-state index contributed by atoms with van der Waals surface area (Å²) >= 11 is 13.8. The molecule has 1 N–H and O–H groups in total. The van der Waals surface area contributed by atoms with Gasteiger partial charge < -0.3 is 9.52 Å². The van der Waals surface area contributed by atoms with E-state index < -0.39 is 0 Å². The van der Waals surface area contributed by atoms with Gasteiger partial charge in [0.2, 0.25) is 5.43 Å². The van der Waals surface area contributed by atoms with Crippen LogP contribution in [-0.4, -0.2) is 10.9 Å². The van der Waals surface area contributed by atoms with E-state index in [1.54, 1.807) is 12.1 Å². The smallest absolute Gasteiger partial charge is 0.210 e. The van der Waals surface area contributed by atoms with Gasteiger partial charge in [0.1, 0.15) is 10.1 Å². The molecule has 2 aliphatic rings. The number of fused-ring (bicyclic) bond motifs is 2. The maximum Gasteiger partial charge on any atom is 0.210 e. The van der Waals surface area contributed by atoms with Crippen LogP contribution in [0.2, 0.25) is 0 Å². The van der Waals surface area contributed by atoms with Crippen LogP contribution >= 0.6 is 63.7 Å². The van der Waals surface area contributed by atoms with Gasteiger partial charge in [-0.25, -0.2) is 0 Å². The Bertz CT molecular complexity index is 1370. The van der Waals surface area contributed by atoms with Crippen molar-refractivity contribution in [3.8, 4) is 22.5 Å². The highest BCUT2D eigenvalue weighted by Gasteiger charge is 2.26. The predicted octanol–water partition coefficient (Wildman–Crippen LogP) is 7.31. The predicted molar refractivity (Wildman–Crippen MR) is 131 cm³/mol. The van der Waals surface area contributed by atoms with Gasteiger partial charge in [0.05, 0.1) is 15.6 Å². The summed E-state index contributed by atoms with van der Waals surface area (Å²) in [7, 11) is 0. The summed E-state index contributed by atoms with van der Waals surface area (Å²) in [5, 5.41) is 10.5. The zero-order valence-electron chi connectivity index (χ0n) is 15.4. The second-order valence-corrected chi connectivity index (χ2v) is 9.94. The topological polar surface area (TPSA) is 67.5 Å². The number of aliphatic hydroxyl groups is 1. The largest absolute Gasteiger partial charge is 0.454 e. The Morgan fingerprint density at radius 3 is 2.37 bits per heavy atom. The van der Waals surface area contributed by atoms with E-state index >= 15 is 0 Å². The molecule has 4 rings (SSSR count). The van der Waals surface area contributed by atoms with Crippen LogP contribution in [0.5, 0.6) is 0 Å². The number of rotatable bonds is 3. The van der Waals surface area contributed by atoms with Gasteiger partial charge in [-0.05, 0) is 72.4 Å². The minimum Gasteiger partial charge on any atom is -0.454 e. The molecule has 1 heterocycles. The van der Waals surface area contributed by atoms with Crippen LogP contribution in [0.25, 0.3) is 33.4 Å². The van der Waals surface area contributed by atoms with Crippen molar-refractivity contribution in [3.63, 3.8) is 0 Å². The van der Waals surface area contributed by atoms with E-state index in [2.05, 4.69) is 63.7 Å². The fourth-order valence-electron chi connectivity index (χ4n) is 3.48. The highest BCUT2D eigenvalue weighted by Crippen LogP contribution is 2.47. The third-order valence-corrected chi connectivity index (χ3v) is 7.73. The Balaban J connectivity index is 2.33. The molecule has 1 aliphatic carbocycles. The van der Waals surface area contributed by atoms with Gasteiger partial charge >= 0.3 is 0 Å². The molecule has 152 valence electrons. The minimum atomic E-state index is -0.244. The summed E-state index contributed by atoms with van der Waals surface area (Å²) in [6.07, 6.45) is 0. The Kier molecular flexibility index (Phi) is 6.07. The molecule has 0 spiro atoms. The normalized spacial score (nSPS) is 11.4. The van der Waals surface area contributed by atoms with E-state index in [0.717, 1.165) is 16.5 Å². The van der Waals surface area contributed by atoms with Gasteiger partial charge in [0.25, 0.3) is 0 Å². The van der Waals surface area contributed by atoms with Crippen molar-refractivity contribution in [1.29, 1.82) is 0 Å². The number of halogens is 4. The van der Waals surface area contributed by atoms with Crippen molar-refractivity contribution in [3.05, 3.63) is 75.6 Å². The molecule has 2 aromatic rings. The highest BCUT2D eigenvalue weighted by atomic mass is 79.9. The maximum atomic E-state index is 12.5. The number of carbonyl (C=O) groups excluding carboxylic acids is 1. The van der Waals surface area contributed by atoms with Crippen molar-refractivity contribution in [2.45, 2.75) is 13.5 Å². The van der Waals surface area contributed by atoms with Crippen molar-refractivity contribution in [1.82, 2.24) is 0 Å². The molecular formula is C22H12Br4O4. The van der Waals surface area contributed by atoms with Gasteiger partial charge in [0.15, 0.2) is 11.5 Å². The molecule has 0 amide bonds. The zero-order chi connectivity index (χ0) is 21.7. The molecule has 0 bridgehead atoms. The van der Waals surface area contributed by atoms with Crippen molar-refractivity contribution < 1.29 is 14.3 Å². The highest BCUT2D eigenvalue weighted by molar-refractivity contribution is 9.11. The fraction of sp³-hybridized carbons (Fsp3) is 0.0909. The molecule has 4 nitrogen and oxygen atoms in total. The summed E-state index contributed by atoms with van der Waals surface area (Å²) in [6, 6.07) is 10.9. The Morgan fingerprint density at radius 2 is 1.70 bits per heavy atom. The van der Waals surface area contributed by atoms with E-state index in [9.17, 15) is 14.7 Å². The lowest BCUT2D eigenvalue weighted by Crippen LogP contribution is -2.07. The van der Waals surface area contributed by atoms with E-state index in [0.29, 0.717) is 41.5 Å². The first-order chi connectivity index (χ1) is 14.3. The standard InChI is InChI=1S/C22H12Br4O4/c1-9(28)10-4-2-3-5-11(10)17-12-6-15(23)14(8-27)18(25)21(12)30-22-13(17)7-16(24)20(29)19(22)26/h2-7,27H,8H2,1H3. The Labute approximate surface area is 205 Å². The first kappa shape index (κ1) is 21.9. The van der Waals surface area contributed by atoms with Crippen LogP contribution in [0.1, 0.15) is 22.8 Å². The van der Waals surface area contributed by atoms with Crippen molar-refractivity contribution in [2.75, 3.05) is 0 Å². The van der Waals surface area contributed by atoms with Gasteiger partial charge in [-0.2, -0.15) is 0 Å². The van der Waals surface area contributed by atoms with Gasteiger partial charge in [-0.3, -0.25) is 9.59 Å². The molecule has 30 heavy (non-hydrogen) atoms. The average Bonchev–Trinajstić information content (AvgIpc) is 2.71. The molecule has 2 aromatic carbocycles. The number of benzene rings is 3. The monoisotopic (exact) mass is 656 g/mol. The molecule has 0 atom stereocenters. The van der Waals surface area contributed by atoms with Crippen molar-refractivity contribution in [2.24, 2.45) is 0 Å². The Hall–Kier alpha value is -1.32. The molecule has 0 saturated carbocycles. The molecule has 1 aliphatic heterocycles. The van der Waals surface area contributed by atoms with Gasteiger partial charge in [-0.15, -0.1) is 0 Å². The van der Waals surface area contributed by atoms with Crippen LogP contribution in [0.4, 0.5) is 0 Å². The van der Waals surface area contributed by atoms with Crippen LogP contribution in [0.15, 0.2) is 63.5 Å². The number of hydrogen-bond acceptors (Lipinski definition) is 4. The second kappa shape index (κ2) is 8.31. The van der Waals surface area contributed by atoms with E-state index in [1.807, 2.05) is 24.3 Å². The zero-order valence-corrected chi connectivity index (χ0v) is 21.7. The molecule has 0 radical (unpaired) electrons. The summed E-state index contributed by atoms with van der Waals surface area (Å²) in [6.45, 7) is 1.31. The lowest BCUT2D eigenvalue weighted by molar-refractivity contribution is 0.101. The summed E-state index contributed by atoms with van der Waals surface area (Å²) in [5.74, 6) is 0.285. The lowest BCUT2D eigenvalue weighted by atomic mass is 9.89. The van der Waals surface area contributed by atoms with Gasteiger partial charge in [0, 0.05) is 32.1 Å². The van der Waals surface area contributed by atoms with Crippen LogP contribution in [0.3, 0.4) is 0 Å². The number of hydrogen-bond donors (Lipinski definition) is 1. The summed E-state index contributed by atoms with van der Waals surface area (Å²) in [5.41, 5.74) is 3.55. The number of aliphatic hydroxyl groups excluding tert-OH is 1. The van der Waals surface area contributed by atoms with Crippen LogP contribution in [-0.2, 0) is 6.61 Å². The van der Waals surface area contributed by atoms with E-state index in [1.165, 1.54) is 6.92 Å². The molecule has 0 unspecified atom stereocenters. The first-order valence-electron chi connectivity index (χ1n) is 8.72. The maximum absolute atomic E-state index is 12.5. The third-order valence-electron chi connectivity index (χ3n) is 4.88. The number of Topliss-reactive ketones (excluding diaryl/α,β-unsaturated/α-hetero) is 1. The van der Waals surface area contributed by atoms with Crippen LogP contribution in [0, 0.1) is 0 Å². The quantitative estimate of drug-likeness (QED) is 0.185. The minimum absolute atomic E-state index is 0.0728. The molecule has 0 fully saturated rings. The molecular weight excluding hydrogens is 648 g/mol. The SMILES string of the molecule is CC(=O)c1ccccc1-c1c2cc(Br)c(=O)c(Br)c-2oc2c(Br)c(CO)c(Br)cc12. The lowest BCUT2D eigenvalue weighted by Gasteiger charge is -2.20. The van der Waals surface area contributed by atoms with Crippen molar-refractivity contribution >= 4 is 80.5 Å². The molecule has 0 saturated heterocycles. The second-order valence-electron chi connectivity index (χ2n) is 6.64. The third kappa shape index (κ3) is 3.42. The summed E-state index contributed by atoms with van der Waals surface area (Å²) < 4.78 is 8.09. The van der Waals surface area contributed by atoms with Crippen LogP contribution < -0.4 is 5.43 Å². The molecule has 0 aromatic heterocycles. The number of carbonyl (C=O) groups is 1. The Morgan fingerprint density at radius 1 is 1.00 bits per heavy atom. The first-order valence-corrected chi connectivity index (χ1v) is 11.9. The molecule has 8 heteroatoms. The average molecular weight is 660 g/mol. The van der Waals surface area contributed by atoms with Gasteiger partial charge in [-0.1, -0.05) is 40.2 Å². The summed E-state index contributed by atoms with van der Waals surface area (Å²) in [4.78, 5) is 24.9. The van der Waals surface area contributed by atoms with E-state index in [4.69, 9.17) is 4.42 Å².